The van der Waals surface area contributed by atoms with Gasteiger partial charge in [-0.25, -0.2) is 0 Å². The molecule has 1 aromatic carbocycles. The molecule has 4 nitrogen and oxygen atoms in total. The molecule has 128 valence electrons. The Morgan fingerprint density at radius 1 is 1.26 bits per heavy atom. The molecule has 1 aliphatic heterocycles. The Morgan fingerprint density at radius 2 is 1.87 bits per heavy atom. The van der Waals surface area contributed by atoms with Gasteiger partial charge in [-0.05, 0) is 32.2 Å². The molecule has 0 bridgehead atoms. The van der Waals surface area contributed by atoms with Crippen molar-refractivity contribution in [3.8, 4) is 0 Å². The van der Waals surface area contributed by atoms with E-state index in [9.17, 15) is 18.0 Å². The van der Waals surface area contributed by atoms with Crippen molar-refractivity contribution in [1.29, 1.82) is 0 Å². The first-order valence-corrected chi connectivity index (χ1v) is 7.66. The predicted octanol–water partition coefficient (Wildman–Crippen LogP) is 2.93. The van der Waals surface area contributed by atoms with E-state index in [1.165, 1.54) is 6.07 Å². The molecule has 1 atom stereocenters. The normalized spacial score (nSPS) is 18.7. The fourth-order valence-corrected chi connectivity index (χ4v) is 2.67. The van der Waals surface area contributed by atoms with Gasteiger partial charge in [-0.2, -0.15) is 13.2 Å². The van der Waals surface area contributed by atoms with Gasteiger partial charge in [-0.3, -0.25) is 9.69 Å². The standard InChI is InChI=1S/C15H19ClF3N3O/c1-10(22-7-5-21(2)6-8-22)14(23)20-11-3-4-13(16)12(9-11)15(17,18)19/h3-4,9-10H,5-8H2,1-2H3,(H,20,23)/t10-/m1/s1. The molecule has 1 N–H and O–H groups in total. The van der Waals surface area contributed by atoms with Crippen molar-refractivity contribution >= 4 is 23.2 Å². The van der Waals surface area contributed by atoms with Gasteiger partial charge in [-0.1, -0.05) is 11.6 Å². The van der Waals surface area contributed by atoms with Crippen molar-refractivity contribution < 1.29 is 18.0 Å². The minimum Gasteiger partial charge on any atom is -0.325 e. The second kappa shape index (κ2) is 7.07. The van der Waals surface area contributed by atoms with Gasteiger partial charge >= 0.3 is 6.18 Å². The van der Waals surface area contributed by atoms with E-state index in [2.05, 4.69) is 10.2 Å². The summed E-state index contributed by atoms with van der Waals surface area (Å²) < 4.78 is 38.5. The van der Waals surface area contributed by atoms with E-state index in [0.29, 0.717) is 0 Å². The minimum absolute atomic E-state index is 0.0905. The summed E-state index contributed by atoms with van der Waals surface area (Å²) in [5.41, 5.74) is -0.864. The van der Waals surface area contributed by atoms with Crippen molar-refractivity contribution in [2.24, 2.45) is 0 Å². The summed E-state index contributed by atoms with van der Waals surface area (Å²) in [5.74, 6) is -0.329. The Kier molecular flexibility index (Phi) is 5.54. The number of halogens is 4. The SMILES string of the molecule is C[C@H](C(=O)Nc1ccc(Cl)c(C(F)(F)F)c1)N1CCN(C)CC1. The molecule has 1 heterocycles. The van der Waals surface area contributed by atoms with Gasteiger partial charge in [0.1, 0.15) is 0 Å². The zero-order valence-electron chi connectivity index (χ0n) is 13.0. The van der Waals surface area contributed by atoms with Crippen LogP contribution in [-0.2, 0) is 11.0 Å². The summed E-state index contributed by atoms with van der Waals surface area (Å²) in [4.78, 5) is 16.4. The lowest BCUT2D eigenvalue weighted by Gasteiger charge is -2.35. The molecular formula is C15H19ClF3N3O. The summed E-state index contributed by atoms with van der Waals surface area (Å²) in [7, 11) is 2.01. The number of carbonyl (C=O) groups excluding carboxylic acids is 1. The lowest BCUT2D eigenvalue weighted by atomic mass is 10.1. The van der Waals surface area contributed by atoms with E-state index in [1.807, 2.05) is 11.9 Å². The maximum absolute atomic E-state index is 12.8. The number of nitrogens with zero attached hydrogens (tertiary/aromatic N) is 2. The van der Waals surface area contributed by atoms with Crippen LogP contribution in [0.25, 0.3) is 0 Å². The van der Waals surface area contributed by atoms with E-state index in [1.54, 1.807) is 6.92 Å². The van der Waals surface area contributed by atoms with Gasteiger partial charge in [0.05, 0.1) is 16.6 Å². The largest absolute Gasteiger partial charge is 0.417 e. The van der Waals surface area contributed by atoms with Crippen molar-refractivity contribution in [2.75, 3.05) is 38.5 Å². The first-order valence-electron chi connectivity index (χ1n) is 7.28. The Labute approximate surface area is 138 Å². The summed E-state index contributed by atoms with van der Waals surface area (Å²) >= 11 is 5.57. The number of benzene rings is 1. The summed E-state index contributed by atoms with van der Waals surface area (Å²) in [6.45, 7) is 4.97. The average Bonchev–Trinajstić information content (AvgIpc) is 2.48. The van der Waals surface area contributed by atoms with Gasteiger partial charge in [0.25, 0.3) is 0 Å². The van der Waals surface area contributed by atoms with Crippen LogP contribution >= 0.6 is 11.6 Å². The highest BCUT2D eigenvalue weighted by molar-refractivity contribution is 6.31. The Balaban J connectivity index is 2.05. The number of rotatable bonds is 3. The van der Waals surface area contributed by atoms with E-state index >= 15 is 0 Å². The number of nitrogens with one attached hydrogen (secondary N) is 1. The number of carbonyl (C=O) groups is 1. The Hall–Kier alpha value is -1.31. The fourth-order valence-electron chi connectivity index (χ4n) is 2.44. The van der Waals surface area contributed by atoms with Crippen molar-refractivity contribution in [1.82, 2.24) is 9.80 Å². The zero-order chi connectivity index (χ0) is 17.2. The van der Waals surface area contributed by atoms with Crippen LogP contribution in [0.5, 0.6) is 0 Å². The minimum atomic E-state index is -4.55. The van der Waals surface area contributed by atoms with Crippen LogP contribution < -0.4 is 5.32 Å². The predicted molar refractivity (Wildman–Crippen MR) is 83.6 cm³/mol. The number of piperazine rings is 1. The van der Waals surface area contributed by atoms with Crippen molar-refractivity contribution in [3.63, 3.8) is 0 Å². The third kappa shape index (κ3) is 4.59. The van der Waals surface area contributed by atoms with E-state index in [-0.39, 0.29) is 16.6 Å². The highest BCUT2D eigenvalue weighted by Crippen LogP contribution is 2.36. The fraction of sp³-hybridized carbons (Fsp3) is 0.533. The number of anilines is 1. The van der Waals surface area contributed by atoms with Gasteiger partial charge in [0.2, 0.25) is 5.91 Å². The van der Waals surface area contributed by atoms with Gasteiger partial charge in [0.15, 0.2) is 0 Å². The number of likely N-dealkylation sites (N-methyl/N-ethyl adjacent to an activating group) is 1. The van der Waals surface area contributed by atoms with Crippen LogP contribution in [0.1, 0.15) is 12.5 Å². The first kappa shape index (κ1) is 18.0. The van der Waals surface area contributed by atoms with Gasteiger partial charge in [0, 0.05) is 31.9 Å². The molecule has 0 unspecified atom stereocenters. The van der Waals surface area contributed by atoms with Gasteiger partial charge < -0.3 is 10.2 Å². The van der Waals surface area contributed by atoms with E-state index in [4.69, 9.17) is 11.6 Å². The lowest BCUT2D eigenvalue weighted by Crippen LogP contribution is -2.51. The molecular weight excluding hydrogens is 331 g/mol. The van der Waals surface area contributed by atoms with Crippen LogP contribution in [0.15, 0.2) is 18.2 Å². The molecule has 0 radical (unpaired) electrons. The Morgan fingerprint density at radius 3 is 2.43 bits per heavy atom. The Bertz CT molecular complexity index is 572. The summed E-state index contributed by atoms with van der Waals surface area (Å²) in [6, 6.07) is 2.96. The topological polar surface area (TPSA) is 35.6 Å². The second-order valence-electron chi connectivity index (χ2n) is 5.70. The van der Waals surface area contributed by atoms with Crippen LogP contribution in [0.4, 0.5) is 18.9 Å². The molecule has 0 saturated carbocycles. The van der Waals surface area contributed by atoms with E-state index in [0.717, 1.165) is 38.3 Å². The first-order chi connectivity index (χ1) is 10.7. The second-order valence-corrected chi connectivity index (χ2v) is 6.10. The van der Waals surface area contributed by atoms with Crippen LogP contribution in [0, 0.1) is 0 Å². The summed E-state index contributed by atoms with van der Waals surface area (Å²) in [5, 5.41) is 2.15. The molecule has 2 rings (SSSR count). The molecule has 0 aliphatic carbocycles. The maximum atomic E-state index is 12.8. The molecule has 23 heavy (non-hydrogen) atoms. The van der Waals surface area contributed by atoms with Crippen molar-refractivity contribution in [3.05, 3.63) is 28.8 Å². The summed E-state index contributed by atoms with van der Waals surface area (Å²) in [6.07, 6.45) is -4.55. The highest BCUT2D eigenvalue weighted by Gasteiger charge is 2.33. The molecule has 8 heteroatoms. The van der Waals surface area contributed by atoms with E-state index < -0.39 is 17.8 Å². The molecule has 0 spiro atoms. The van der Waals surface area contributed by atoms with Crippen LogP contribution in [-0.4, -0.2) is 55.0 Å². The maximum Gasteiger partial charge on any atom is 0.417 e. The average molecular weight is 350 g/mol. The third-order valence-corrected chi connectivity index (χ3v) is 4.33. The van der Waals surface area contributed by atoms with Crippen molar-refractivity contribution in [2.45, 2.75) is 19.1 Å². The van der Waals surface area contributed by atoms with Crippen LogP contribution in [0.3, 0.4) is 0 Å². The lowest BCUT2D eigenvalue weighted by molar-refractivity contribution is -0.137. The smallest absolute Gasteiger partial charge is 0.325 e. The quantitative estimate of drug-likeness (QED) is 0.911. The molecule has 1 fully saturated rings. The van der Waals surface area contributed by atoms with Crippen LogP contribution in [0.2, 0.25) is 5.02 Å². The number of alkyl halides is 3. The number of hydrogen-bond acceptors (Lipinski definition) is 3. The third-order valence-electron chi connectivity index (χ3n) is 4.00. The molecule has 1 saturated heterocycles. The number of hydrogen-bond donors (Lipinski definition) is 1. The number of amides is 1. The molecule has 1 aliphatic rings. The zero-order valence-corrected chi connectivity index (χ0v) is 13.7. The van der Waals surface area contributed by atoms with Gasteiger partial charge in [-0.15, -0.1) is 0 Å². The monoisotopic (exact) mass is 349 g/mol. The molecule has 1 amide bonds. The molecule has 0 aromatic heterocycles. The highest BCUT2D eigenvalue weighted by atomic mass is 35.5. The molecule has 1 aromatic rings.